The van der Waals surface area contributed by atoms with E-state index in [1.54, 1.807) is 0 Å². The van der Waals surface area contributed by atoms with E-state index in [-0.39, 0.29) is 25.0 Å². The van der Waals surface area contributed by atoms with Crippen LogP contribution in [0.5, 0.6) is 0 Å². The van der Waals surface area contributed by atoms with Crippen LogP contribution in [-0.4, -0.2) is 38.6 Å². The van der Waals surface area contributed by atoms with E-state index in [0.717, 1.165) is 11.3 Å². The summed E-state index contributed by atoms with van der Waals surface area (Å²) >= 11 is 0. The first-order valence-corrected chi connectivity index (χ1v) is 5.54. The number of nitrogens with zero attached hydrogens (tertiary/aromatic N) is 3. The van der Waals surface area contributed by atoms with Crippen molar-refractivity contribution in [3.8, 4) is 0 Å². The summed E-state index contributed by atoms with van der Waals surface area (Å²) in [7, 11) is 0. The lowest BCUT2D eigenvalue weighted by atomic mass is 10.1. The molecule has 1 aliphatic heterocycles. The van der Waals surface area contributed by atoms with Gasteiger partial charge in [-0.25, -0.2) is 9.78 Å². The van der Waals surface area contributed by atoms with Crippen molar-refractivity contribution in [1.29, 1.82) is 0 Å². The van der Waals surface area contributed by atoms with E-state index in [1.807, 2.05) is 0 Å². The fourth-order valence-electron chi connectivity index (χ4n) is 1.63. The molecule has 2 heterocycles. The van der Waals surface area contributed by atoms with Crippen molar-refractivity contribution < 1.29 is 9.59 Å². The fourth-order valence-corrected chi connectivity index (χ4v) is 1.63. The molecule has 0 aromatic carbocycles. The van der Waals surface area contributed by atoms with Gasteiger partial charge in [-0.2, -0.15) is 5.10 Å². The molecule has 92 valence electrons. The number of aromatic amines is 1. The lowest BCUT2D eigenvalue weighted by Crippen LogP contribution is -2.30. The van der Waals surface area contributed by atoms with Gasteiger partial charge in [0, 0.05) is 6.42 Å². The van der Waals surface area contributed by atoms with Crippen LogP contribution in [0.2, 0.25) is 0 Å². The molecule has 0 spiro atoms. The van der Waals surface area contributed by atoms with Crippen molar-refractivity contribution in [2.45, 2.75) is 26.8 Å². The normalized spacial score (nSPS) is 15.8. The first-order chi connectivity index (χ1) is 8.06. The van der Waals surface area contributed by atoms with E-state index in [9.17, 15) is 9.59 Å². The monoisotopic (exact) mass is 237 g/mol. The first-order valence-electron chi connectivity index (χ1n) is 5.54. The Hall–Kier alpha value is -1.92. The molecule has 0 atom stereocenters. The molecule has 1 aromatic heterocycles. The number of nitrogens with one attached hydrogen (secondary N) is 2. The largest absolute Gasteiger partial charge is 0.329 e. The molecule has 1 aromatic rings. The zero-order valence-corrected chi connectivity index (χ0v) is 9.86. The second-order valence-electron chi connectivity index (χ2n) is 4.43. The minimum absolute atomic E-state index is 0.0613. The number of hydrogen-bond donors (Lipinski definition) is 2. The van der Waals surface area contributed by atoms with Crippen molar-refractivity contribution >= 4 is 11.9 Å². The summed E-state index contributed by atoms with van der Waals surface area (Å²) in [6, 6.07) is -0.378. The van der Waals surface area contributed by atoms with E-state index in [1.165, 1.54) is 0 Å². The Labute approximate surface area is 98.6 Å². The number of urea groups is 1. The average molecular weight is 237 g/mol. The Balaban J connectivity index is 2.01. The van der Waals surface area contributed by atoms with Gasteiger partial charge in [-0.05, 0) is 5.92 Å². The van der Waals surface area contributed by atoms with E-state index in [2.05, 4.69) is 34.3 Å². The van der Waals surface area contributed by atoms with E-state index in [4.69, 9.17) is 0 Å². The van der Waals surface area contributed by atoms with Gasteiger partial charge >= 0.3 is 6.03 Å². The second kappa shape index (κ2) is 4.52. The first kappa shape index (κ1) is 11.6. The maximum Gasteiger partial charge on any atom is 0.325 e. The van der Waals surface area contributed by atoms with E-state index >= 15 is 0 Å². The Morgan fingerprint density at radius 3 is 2.76 bits per heavy atom. The molecule has 7 heteroatoms. The fraction of sp³-hybridized carbons (Fsp3) is 0.600. The number of imide groups is 1. The Morgan fingerprint density at radius 1 is 1.41 bits per heavy atom. The molecular weight excluding hydrogens is 222 g/mol. The molecule has 1 aliphatic rings. The molecule has 2 rings (SSSR count). The second-order valence-corrected chi connectivity index (χ2v) is 4.43. The molecule has 0 saturated carbocycles. The smallest absolute Gasteiger partial charge is 0.325 e. The summed E-state index contributed by atoms with van der Waals surface area (Å²) in [5, 5.41) is 9.24. The van der Waals surface area contributed by atoms with Crippen LogP contribution in [0, 0.1) is 5.92 Å². The van der Waals surface area contributed by atoms with Crippen LogP contribution in [0.25, 0.3) is 0 Å². The number of hydrogen-bond acceptors (Lipinski definition) is 4. The number of rotatable bonds is 4. The van der Waals surface area contributed by atoms with Crippen LogP contribution >= 0.6 is 0 Å². The number of carbonyl (C=O) groups is 2. The lowest BCUT2D eigenvalue weighted by molar-refractivity contribution is -0.125. The van der Waals surface area contributed by atoms with Crippen LogP contribution in [0.4, 0.5) is 4.79 Å². The standard InChI is InChI=1S/C10H15N5O2/c1-6(2)3-7-12-8(14-13-7)5-15-9(16)4-11-10(15)17/h6H,3-5H2,1-2H3,(H,11,17)(H,12,13,14). The molecule has 0 unspecified atom stereocenters. The number of carbonyl (C=O) groups excluding carboxylic acids is 2. The molecule has 0 aliphatic carbocycles. The summed E-state index contributed by atoms with van der Waals surface area (Å²) in [6.07, 6.45) is 0.774. The number of amides is 3. The number of H-pyrrole nitrogens is 1. The van der Waals surface area contributed by atoms with Gasteiger partial charge in [0.1, 0.15) is 5.82 Å². The van der Waals surface area contributed by atoms with Gasteiger partial charge in [0.05, 0.1) is 13.1 Å². The molecule has 1 fully saturated rings. The van der Waals surface area contributed by atoms with Crippen molar-refractivity contribution in [3.05, 3.63) is 11.6 Å². The van der Waals surface area contributed by atoms with Crippen molar-refractivity contribution in [3.63, 3.8) is 0 Å². The highest BCUT2D eigenvalue weighted by Gasteiger charge is 2.29. The van der Waals surface area contributed by atoms with Gasteiger partial charge in [-0.3, -0.25) is 14.8 Å². The lowest BCUT2D eigenvalue weighted by Gasteiger charge is -2.08. The van der Waals surface area contributed by atoms with Gasteiger partial charge in [0.15, 0.2) is 5.82 Å². The quantitative estimate of drug-likeness (QED) is 0.724. The van der Waals surface area contributed by atoms with Crippen LogP contribution < -0.4 is 5.32 Å². The molecule has 7 nitrogen and oxygen atoms in total. The number of aromatic nitrogens is 3. The highest BCUT2D eigenvalue weighted by atomic mass is 16.2. The zero-order chi connectivity index (χ0) is 12.4. The molecule has 1 saturated heterocycles. The predicted octanol–water partition coefficient (Wildman–Crippen LogP) is 0.0550. The molecule has 2 N–H and O–H groups in total. The van der Waals surface area contributed by atoms with Crippen molar-refractivity contribution in [2.24, 2.45) is 5.92 Å². The highest BCUT2D eigenvalue weighted by Crippen LogP contribution is 2.07. The summed E-state index contributed by atoms with van der Waals surface area (Å²) in [5.41, 5.74) is 0. The SMILES string of the molecule is CC(C)Cc1n[nH]c(CN2C(=O)CNC2=O)n1. The minimum atomic E-state index is -0.378. The summed E-state index contributed by atoms with van der Waals surface area (Å²) < 4.78 is 0. The van der Waals surface area contributed by atoms with Crippen LogP contribution in [-0.2, 0) is 17.8 Å². The Morgan fingerprint density at radius 2 is 2.18 bits per heavy atom. The molecule has 0 bridgehead atoms. The molecule has 3 amide bonds. The third kappa shape index (κ3) is 2.61. The van der Waals surface area contributed by atoms with Crippen molar-refractivity contribution in [1.82, 2.24) is 25.4 Å². The molecule has 0 radical (unpaired) electrons. The van der Waals surface area contributed by atoms with Crippen molar-refractivity contribution in [2.75, 3.05) is 6.54 Å². The summed E-state index contributed by atoms with van der Waals surface area (Å²) in [5.74, 6) is 1.47. The van der Waals surface area contributed by atoms with Gasteiger partial charge in [-0.1, -0.05) is 13.8 Å². The summed E-state index contributed by atoms with van der Waals surface area (Å²) in [6.45, 7) is 4.36. The Kier molecular flexibility index (Phi) is 3.08. The van der Waals surface area contributed by atoms with Gasteiger partial charge in [0.2, 0.25) is 5.91 Å². The topological polar surface area (TPSA) is 91.0 Å². The maximum atomic E-state index is 11.4. The predicted molar refractivity (Wildman–Crippen MR) is 58.9 cm³/mol. The van der Waals surface area contributed by atoms with Crippen LogP contribution in [0.3, 0.4) is 0 Å². The molecule has 17 heavy (non-hydrogen) atoms. The average Bonchev–Trinajstić information content (AvgIpc) is 2.79. The van der Waals surface area contributed by atoms with Gasteiger partial charge in [0.25, 0.3) is 0 Å². The molecular formula is C10H15N5O2. The zero-order valence-electron chi connectivity index (χ0n) is 9.86. The summed E-state index contributed by atoms with van der Waals surface area (Å²) in [4.78, 5) is 28.0. The van der Waals surface area contributed by atoms with Crippen LogP contribution in [0.15, 0.2) is 0 Å². The Bertz CT molecular complexity index is 424. The van der Waals surface area contributed by atoms with Gasteiger partial charge < -0.3 is 5.32 Å². The van der Waals surface area contributed by atoms with Gasteiger partial charge in [-0.15, -0.1) is 0 Å². The highest BCUT2D eigenvalue weighted by molar-refractivity contribution is 6.01. The third-order valence-corrected chi connectivity index (χ3v) is 2.41. The van der Waals surface area contributed by atoms with E-state index < -0.39 is 0 Å². The van der Waals surface area contributed by atoms with Crippen LogP contribution in [0.1, 0.15) is 25.5 Å². The minimum Gasteiger partial charge on any atom is -0.329 e. The third-order valence-electron chi connectivity index (χ3n) is 2.41. The van der Waals surface area contributed by atoms with E-state index in [0.29, 0.717) is 17.6 Å². The maximum absolute atomic E-state index is 11.4.